The molecule has 0 spiro atoms. The molecule has 158 valence electrons. The summed E-state index contributed by atoms with van der Waals surface area (Å²) in [5.41, 5.74) is 2.57. The fourth-order valence-corrected chi connectivity index (χ4v) is 4.50. The van der Waals surface area contributed by atoms with E-state index in [1.165, 1.54) is 24.0 Å². The molecule has 5 nitrogen and oxygen atoms in total. The molecule has 0 radical (unpaired) electrons. The minimum Gasteiger partial charge on any atom is -0.496 e. The summed E-state index contributed by atoms with van der Waals surface area (Å²) < 4.78 is 11.4. The van der Waals surface area contributed by atoms with E-state index in [2.05, 4.69) is 47.3 Å². The van der Waals surface area contributed by atoms with Crippen LogP contribution in [0.25, 0.3) is 0 Å². The Balaban J connectivity index is 0.00000280. The maximum Gasteiger partial charge on any atom is 0.193 e. The van der Waals surface area contributed by atoms with Gasteiger partial charge in [0.05, 0.1) is 7.11 Å². The molecular weight excluding hydrogens is 465 g/mol. The van der Waals surface area contributed by atoms with Crippen molar-refractivity contribution in [2.75, 3.05) is 47.0 Å². The topological polar surface area (TPSA) is 46.1 Å². The predicted molar refractivity (Wildman–Crippen MR) is 126 cm³/mol. The smallest absolute Gasteiger partial charge is 0.193 e. The Hall–Kier alpha value is -1.02. The Morgan fingerprint density at radius 2 is 2.11 bits per heavy atom. The number of nitrogens with one attached hydrogen (secondary N) is 1. The summed E-state index contributed by atoms with van der Waals surface area (Å²) in [4.78, 5) is 7.00. The minimum atomic E-state index is 0. The van der Waals surface area contributed by atoms with Crippen LogP contribution in [0, 0.1) is 12.8 Å². The molecule has 1 unspecified atom stereocenters. The molecule has 2 heterocycles. The number of rotatable bonds is 4. The van der Waals surface area contributed by atoms with Gasteiger partial charge in [-0.1, -0.05) is 24.6 Å². The monoisotopic (exact) mass is 501 g/mol. The summed E-state index contributed by atoms with van der Waals surface area (Å²) in [6, 6.07) is 6.51. The predicted octanol–water partition coefficient (Wildman–Crippen LogP) is 3.98. The van der Waals surface area contributed by atoms with Gasteiger partial charge in [0.25, 0.3) is 0 Å². The first-order valence-corrected chi connectivity index (χ1v) is 10.3. The summed E-state index contributed by atoms with van der Waals surface area (Å²) in [5, 5.41) is 3.70. The van der Waals surface area contributed by atoms with E-state index in [1.54, 1.807) is 7.11 Å². The number of aryl methyl sites for hydroxylation is 1. The van der Waals surface area contributed by atoms with Gasteiger partial charge >= 0.3 is 0 Å². The van der Waals surface area contributed by atoms with Crippen molar-refractivity contribution in [1.82, 2.24) is 10.2 Å². The zero-order chi connectivity index (χ0) is 19.3. The van der Waals surface area contributed by atoms with Crippen LogP contribution in [0.5, 0.6) is 5.75 Å². The van der Waals surface area contributed by atoms with Crippen molar-refractivity contribution in [2.24, 2.45) is 10.9 Å². The van der Waals surface area contributed by atoms with Gasteiger partial charge < -0.3 is 19.7 Å². The van der Waals surface area contributed by atoms with E-state index < -0.39 is 0 Å². The number of hydrogen-bond acceptors (Lipinski definition) is 3. The lowest BCUT2D eigenvalue weighted by Crippen LogP contribution is -2.51. The van der Waals surface area contributed by atoms with E-state index in [1.807, 2.05) is 7.05 Å². The highest BCUT2D eigenvalue weighted by atomic mass is 127. The summed E-state index contributed by atoms with van der Waals surface area (Å²) in [6.45, 7) is 9.09. The van der Waals surface area contributed by atoms with Crippen LogP contribution >= 0.6 is 24.0 Å². The molecule has 0 aromatic heterocycles. The number of hydrogen-bond donors (Lipinski definition) is 1. The summed E-state index contributed by atoms with van der Waals surface area (Å²) in [5.74, 6) is 2.73. The molecule has 0 saturated carbocycles. The number of benzene rings is 1. The zero-order valence-electron chi connectivity index (χ0n) is 17.8. The minimum absolute atomic E-state index is 0. The van der Waals surface area contributed by atoms with E-state index in [-0.39, 0.29) is 29.4 Å². The quantitative estimate of drug-likeness (QED) is 0.385. The average molecular weight is 501 g/mol. The normalized spacial score (nSPS) is 22.4. The molecule has 2 saturated heterocycles. The second-order valence-electron chi connectivity index (χ2n) is 8.19. The van der Waals surface area contributed by atoms with Gasteiger partial charge in [-0.25, -0.2) is 0 Å². The lowest BCUT2D eigenvalue weighted by Gasteiger charge is -2.40. The van der Waals surface area contributed by atoms with Crippen LogP contribution in [0.2, 0.25) is 0 Å². The number of ether oxygens (including phenoxy) is 2. The average Bonchev–Trinajstić information content (AvgIpc) is 2.69. The molecule has 2 aliphatic heterocycles. The maximum atomic E-state index is 5.73. The summed E-state index contributed by atoms with van der Waals surface area (Å²) >= 11 is 0. The van der Waals surface area contributed by atoms with E-state index in [0.717, 1.165) is 63.3 Å². The van der Waals surface area contributed by atoms with Crippen molar-refractivity contribution in [3.63, 3.8) is 0 Å². The van der Waals surface area contributed by atoms with Crippen LogP contribution in [0.3, 0.4) is 0 Å². The Morgan fingerprint density at radius 3 is 2.75 bits per heavy atom. The van der Waals surface area contributed by atoms with Gasteiger partial charge in [0, 0.05) is 50.9 Å². The lowest BCUT2D eigenvalue weighted by atomic mass is 9.73. The Labute approximate surface area is 187 Å². The summed E-state index contributed by atoms with van der Waals surface area (Å²) in [7, 11) is 3.66. The number of guanidine groups is 1. The number of methoxy groups -OCH3 is 1. The first-order valence-electron chi connectivity index (χ1n) is 10.3. The Morgan fingerprint density at radius 1 is 1.36 bits per heavy atom. The second kappa shape index (κ2) is 10.7. The Bertz CT molecular complexity index is 659. The molecule has 28 heavy (non-hydrogen) atoms. The highest BCUT2D eigenvalue weighted by Gasteiger charge is 2.37. The molecule has 2 fully saturated rings. The van der Waals surface area contributed by atoms with Crippen molar-refractivity contribution in [2.45, 2.75) is 44.9 Å². The molecule has 0 bridgehead atoms. The number of aliphatic imine (C=N–C) groups is 1. The molecule has 1 aromatic rings. The van der Waals surface area contributed by atoms with Crippen molar-refractivity contribution in [3.05, 3.63) is 29.3 Å². The van der Waals surface area contributed by atoms with E-state index in [9.17, 15) is 0 Å². The molecule has 1 N–H and O–H groups in total. The van der Waals surface area contributed by atoms with Crippen LogP contribution < -0.4 is 10.1 Å². The molecule has 0 aliphatic carbocycles. The summed E-state index contributed by atoms with van der Waals surface area (Å²) in [6.07, 6.45) is 4.54. The standard InChI is InChI=1S/C22H35N3O2.HI/c1-17-7-8-20(26-4)19(14-17)22(9-12-27-13-10-22)16-24-21(23-3)25-11-5-6-18(2)15-25;/h7-8,14,18H,5-6,9-13,15-16H2,1-4H3,(H,23,24);1H. The van der Waals surface area contributed by atoms with Gasteiger partial charge in [0.1, 0.15) is 5.75 Å². The molecule has 1 aromatic carbocycles. The maximum absolute atomic E-state index is 5.73. The molecule has 6 heteroatoms. The van der Waals surface area contributed by atoms with Crippen molar-refractivity contribution >= 4 is 29.9 Å². The van der Waals surface area contributed by atoms with Gasteiger partial charge in [-0.2, -0.15) is 0 Å². The molecule has 1 atom stereocenters. The van der Waals surface area contributed by atoms with Gasteiger partial charge in [0.15, 0.2) is 5.96 Å². The number of piperidine rings is 1. The van der Waals surface area contributed by atoms with Crippen molar-refractivity contribution in [3.8, 4) is 5.75 Å². The van der Waals surface area contributed by atoms with E-state index >= 15 is 0 Å². The zero-order valence-corrected chi connectivity index (χ0v) is 20.1. The molecule has 0 amide bonds. The van der Waals surface area contributed by atoms with Crippen LogP contribution in [0.1, 0.15) is 43.7 Å². The Kier molecular flexibility index (Phi) is 8.86. The number of likely N-dealkylation sites (tertiary alicyclic amines) is 1. The third-order valence-corrected chi connectivity index (χ3v) is 6.13. The van der Waals surface area contributed by atoms with Crippen molar-refractivity contribution in [1.29, 1.82) is 0 Å². The van der Waals surface area contributed by atoms with Crippen LogP contribution in [0.4, 0.5) is 0 Å². The number of nitrogens with zero attached hydrogens (tertiary/aromatic N) is 2. The largest absolute Gasteiger partial charge is 0.496 e. The second-order valence-corrected chi connectivity index (χ2v) is 8.19. The lowest BCUT2D eigenvalue weighted by molar-refractivity contribution is 0.0502. The molecule has 2 aliphatic rings. The van der Waals surface area contributed by atoms with E-state index in [0.29, 0.717) is 0 Å². The highest BCUT2D eigenvalue weighted by Crippen LogP contribution is 2.40. The molecule has 3 rings (SSSR count). The van der Waals surface area contributed by atoms with Crippen LogP contribution in [-0.4, -0.2) is 57.9 Å². The van der Waals surface area contributed by atoms with Gasteiger partial charge in [-0.3, -0.25) is 4.99 Å². The highest BCUT2D eigenvalue weighted by molar-refractivity contribution is 14.0. The van der Waals surface area contributed by atoms with Crippen LogP contribution in [-0.2, 0) is 10.2 Å². The van der Waals surface area contributed by atoms with Crippen molar-refractivity contribution < 1.29 is 9.47 Å². The fraction of sp³-hybridized carbons (Fsp3) is 0.682. The van der Waals surface area contributed by atoms with Gasteiger partial charge in [0.2, 0.25) is 0 Å². The van der Waals surface area contributed by atoms with Gasteiger partial charge in [-0.15, -0.1) is 24.0 Å². The first kappa shape index (κ1) is 23.3. The fourth-order valence-electron chi connectivity index (χ4n) is 4.50. The first-order chi connectivity index (χ1) is 13.1. The van der Waals surface area contributed by atoms with Gasteiger partial charge in [-0.05, 0) is 44.6 Å². The van der Waals surface area contributed by atoms with E-state index in [4.69, 9.17) is 9.47 Å². The third kappa shape index (κ3) is 5.32. The van der Waals surface area contributed by atoms with Crippen LogP contribution in [0.15, 0.2) is 23.2 Å². The SMILES string of the molecule is CN=C(NCC1(c2cc(C)ccc2OC)CCOCC1)N1CCCC(C)C1.I. The number of halogens is 1. The molecular formula is C22H36IN3O2. The third-order valence-electron chi connectivity index (χ3n) is 6.13.